The van der Waals surface area contributed by atoms with Crippen molar-refractivity contribution >= 4 is 76.0 Å². The Bertz CT molecular complexity index is 2410. The summed E-state index contributed by atoms with van der Waals surface area (Å²) in [5.41, 5.74) is 1.74. The molecular formula is C41H30Cl3F3N4O6. The molecule has 57 heavy (non-hydrogen) atoms. The normalized spacial score (nSPS) is 25.7. The summed E-state index contributed by atoms with van der Waals surface area (Å²) >= 11 is 18.7. The number of rotatable bonds is 7. The Labute approximate surface area is 338 Å². The van der Waals surface area contributed by atoms with Crippen molar-refractivity contribution in [2.24, 2.45) is 29.6 Å². The Hall–Kier alpha value is -5.37. The highest BCUT2D eigenvalue weighted by Crippen LogP contribution is 2.62. The third-order valence-electron chi connectivity index (χ3n) is 11.4. The van der Waals surface area contributed by atoms with Gasteiger partial charge in [-0.2, -0.15) is 18.2 Å². The number of hydrogen-bond donors (Lipinski definition) is 2. The molecule has 0 bridgehead atoms. The second-order valence-electron chi connectivity index (χ2n) is 14.2. The Morgan fingerprint density at radius 1 is 0.912 bits per heavy atom. The number of hydrogen-bond acceptors (Lipinski definition) is 8. The van der Waals surface area contributed by atoms with Gasteiger partial charge in [-0.3, -0.25) is 29.5 Å². The van der Waals surface area contributed by atoms with Crippen LogP contribution in [-0.4, -0.2) is 45.8 Å². The van der Waals surface area contributed by atoms with Crippen LogP contribution >= 0.6 is 34.8 Å². The number of amides is 4. The standard InChI is InChI=1S/C41H30Cl3F3N4O6/c1-57-33-16-20(3-15-32(33)52)2-14-29-26-12-13-27-34(38(55)50(36(27)53)25-10-8-24(43)9-11-25)28(26)18-30-37(54)51(39(56)40(29,30)21-4-6-23(42)7-5-21)49-35-31(44)17-22(19-48-35)41(45,46)47/h2-12,14-17,19,27-30,34,52H,13,18H2,1H3,(H,48,49)/t27-,28+,29-,30-,34-,40-/m0/s1. The number of allylic oxidation sites excluding steroid dienone is 3. The van der Waals surface area contributed by atoms with Crippen molar-refractivity contribution in [1.29, 1.82) is 0 Å². The highest BCUT2D eigenvalue weighted by atomic mass is 35.5. The molecule has 292 valence electrons. The van der Waals surface area contributed by atoms with Gasteiger partial charge < -0.3 is 9.84 Å². The molecule has 2 N–H and O–H groups in total. The molecule has 3 heterocycles. The fraction of sp³-hybridized carbons (Fsp3) is 0.244. The average Bonchev–Trinajstić information content (AvgIpc) is 3.56. The zero-order valence-electron chi connectivity index (χ0n) is 29.6. The lowest BCUT2D eigenvalue weighted by Crippen LogP contribution is -2.54. The molecule has 10 nitrogen and oxygen atoms in total. The topological polar surface area (TPSA) is 129 Å². The van der Waals surface area contributed by atoms with Gasteiger partial charge in [-0.15, -0.1) is 0 Å². The number of methoxy groups -OCH3 is 1. The average molecular weight is 838 g/mol. The predicted octanol–water partition coefficient (Wildman–Crippen LogP) is 8.51. The number of aromatic hydroxyl groups is 1. The molecule has 3 fully saturated rings. The van der Waals surface area contributed by atoms with E-state index in [1.807, 2.05) is 6.08 Å². The van der Waals surface area contributed by atoms with Gasteiger partial charge in [0.1, 0.15) is 0 Å². The molecule has 2 aliphatic carbocycles. The highest BCUT2D eigenvalue weighted by molar-refractivity contribution is 6.33. The number of carbonyl (C=O) groups excluding carboxylic acids is 4. The van der Waals surface area contributed by atoms with Crippen LogP contribution in [0.2, 0.25) is 15.1 Å². The van der Waals surface area contributed by atoms with E-state index in [1.54, 1.807) is 72.8 Å². The summed E-state index contributed by atoms with van der Waals surface area (Å²) < 4.78 is 45.8. The van der Waals surface area contributed by atoms with Gasteiger partial charge in [0, 0.05) is 22.2 Å². The van der Waals surface area contributed by atoms with E-state index in [0.29, 0.717) is 44.7 Å². The Kier molecular flexibility index (Phi) is 9.61. The van der Waals surface area contributed by atoms with Crippen LogP contribution in [0.25, 0.3) is 6.08 Å². The number of imide groups is 2. The van der Waals surface area contributed by atoms with E-state index in [1.165, 1.54) is 13.2 Å². The van der Waals surface area contributed by atoms with E-state index in [-0.39, 0.29) is 30.2 Å². The minimum Gasteiger partial charge on any atom is -0.504 e. The van der Waals surface area contributed by atoms with Crippen molar-refractivity contribution in [2.75, 3.05) is 17.4 Å². The van der Waals surface area contributed by atoms with Gasteiger partial charge in [0.25, 0.3) is 11.8 Å². The number of alkyl halides is 3. The smallest absolute Gasteiger partial charge is 0.417 e. The number of carbonyl (C=O) groups is 4. The number of anilines is 2. The van der Waals surface area contributed by atoms with Crippen molar-refractivity contribution in [2.45, 2.75) is 24.4 Å². The molecule has 8 rings (SSSR count). The predicted molar refractivity (Wildman–Crippen MR) is 205 cm³/mol. The molecular weight excluding hydrogens is 808 g/mol. The van der Waals surface area contributed by atoms with E-state index >= 15 is 4.79 Å². The Morgan fingerprint density at radius 2 is 1.60 bits per heavy atom. The molecule has 0 unspecified atom stereocenters. The van der Waals surface area contributed by atoms with Crippen LogP contribution in [0.15, 0.2) is 96.7 Å². The first kappa shape index (κ1) is 38.5. The fourth-order valence-electron chi connectivity index (χ4n) is 8.88. The van der Waals surface area contributed by atoms with Gasteiger partial charge in [0.15, 0.2) is 17.3 Å². The maximum Gasteiger partial charge on any atom is 0.417 e. The van der Waals surface area contributed by atoms with Crippen molar-refractivity contribution in [3.8, 4) is 11.5 Å². The SMILES string of the molecule is COc1cc(C=C[C@H]2C3=CC[C@@H]4C(=O)N(c5ccc(Cl)cc5)C(=O)[C@@H]4[C@@H]3C[C@H]3C(=O)N(Nc4ncc(C(F)(F)F)cc4Cl)C(=O)[C@@]23c2ccc(Cl)cc2)ccc1O. The van der Waals surface area contributed by atoms with Crippen LogP contribution in [-0.2, 0) is 30.8 Å². The zero-order chi connectivity index (χ0) is 40.6. The number of ether oxygens (including phenoxy) is 1. The number of phenolic OH excluding ortho intramolecular Hbond substituents is 1. The number of nitrogens with zero attached hydrogens (tertiary/aromatic N) is 3. The lowest BCUT2D eigenvalue weighted by molar-refractivity contribution is -0.139. The number of phenols is 1. The summed E-state index contributed by atoms with van der Waals surface area (Å²) in [6.07, 6.45) is 1.23. The number of halogens is 6. The van der Waals surface area contributed by atoms with Crippen LogP contribution in [0, 0.1) is 29.6 Å². The summed E-state index contributed by atoms with van der Waals surface area (Å²) in [4.78, 5) is 63.4. The van der Waals surface area contributed by atoms with Crippen molar-refractivity contribution in [3.05, 3.63) is 128 Å². The first-order valence-electron chi connectivity index (χ1n) is 17.7. The lowest BCUT2D eigenvalue weighted by Gasteiger charge is -2.49. The number of pyridine rings is 1. The molecule has 2 saturated heterocycles. The van der Waals surface area contributed by atoms with Gasteiger partial charge in [-0.05, 0) is 84.5 Å². The molecule has 16 heteroatoms. The highest BCUT2D eigenvalue weighted by Gasteiger charge is 2.69. The molecule has 1 saturated carbocycles. The van der Waals surface area contributed by atoms with Gasteiger partial charge in [-0.1, -0.05) is 76.8 Å². The summed E-state index contributed by atoms with van der Waals surface area (Å²) in [5.74, 6) is -7.11. The molecule has 4 amide bonds. The monoisotopic (exact) mass is 836 g/mol. The maximum absolute atomic E-state index is 15.3. The summed E-state index contributed by atoms with van der Waals surface area (Å²) in [6.45, 7) is 0. The van der Waals surface area contributed by atoms with Crippen LogP contribution in [0.3, 0.4) is 0 Å². The van der Waals surface area contributed by atoms with E-state index in [4.69, 9.17) is 39.5 Å². The minimum atomic E-state index is -4.76. The van der Waals surface area contributed by atoms with Crippen LogP contribution < -0.4 is 15.1 Å². The van der Waals surface area contributed by atoms with Crippen LogP contribution in [0.4, 0.5) is 24.7 Å². The van der Waals surface area contributed by atoms with Gasteiger partial charge in [0.2, 0.25) is 11.8 Å². The second kappa shape index (κ2) is 14.2. The Balaban J connectivity index is 1.29. The van der Waals surface area contributed by atoms with Crippen molar-refractivity contribution in [1.82, 2.24) is 9.99 Å². The third kappa shape index (κ3) is 6.23. The molecule has 0 radical (unpaired) electrons. The number of benzene rings is 3. The maximum atomic E-state index is 15.3. The third-order valence-corrected chi connectivity index (χ3v) is 12.2. The minimum absolute atomic E-state index is 0.0442. The number of fused-ring (bicyclic) bond motifs is 4. The number of hydrazine groups is 1. The molecule has 1 aromatic heterocycles. The molecule has 3 aromatic carbocycles. The van der Waals surface area contributed by atoms with Crippen molar-refractivity contribution in [3.63, 3.8) is 0 Å². The first-order valence-corrected chi connectivity index (χ1v) is 18.8. The molecule has 6 atom stereocenters. The number of nitrogens with one attached hydrogen (secondary N) is 1. The van der Waals surface area contributed by atoms with E-state index in [0.717, 1.165) is 9.91 Å². The zero-order valence-corrected chi connectivity index (χ0v) is 31.9. The summed E-state index contributed by atoms with van der Waals surface area (Å²) in [7, 11) is 1.40. The number of aromatic nitrogens is 1. The largest absolute Gasteiger partial charge is 0.504 e. The molecule has 2 aliphatic heterocycles. The molecule has 4 aromatic rings. The van der Waals surface area contributed by atoms with E-state index < -0.39 is 75.4 Å². The lowest BCUT2D eigenvalue weighted by atomic mass is 9.50. The second-order valence-corrected chi connectivity index (χ2v) is 15.5. The van der Waals surface area contributed by atoms with Crippen LogP contribution in [0.5, 0.6) is 11.5 Å². The summed E-state index contributed by atoms with van der Waals surface area (Å²) in [6, 6.07) is 18.0. The molecule has 0 spiro atoms. The Morgan fingerprint density at radius 3 is 2.25 bits per heavy atom. The molecule has 4 aliphatic rings. The first-order chi connectivity index (χ1) is 27.1. The fourth-order valence-corrected chi connectivity index (χ4v) is 9.34. The summed E-state index contributed by atoms with van der Waals surface area (Å²) in [5, 5.41) is 11.3. The van der Waals surface area contributed by atoms with Crippen LogP contribution in [0.1, 0.15) is 29.5 Å². The quantitative estimate of drug-likeness (QED) is 0.140. The van der Waals surface area contributed by atoms with Gasteiger partial charge >= 0.3 is 6.18 Å². The van der Waals surface area contributed by atoms with Gasteiger partial charge in [0.05, 0.1) is 46.6 Å². The van der Waals surface area contributed by atoms with E-state index in [2.05, 4.69) is 10.4 Å². The van der Waals surface area contributed by atoms with Gasteiger partial charge in [-0.25, -0.2) is 4.98 Å². The van der Waals surface area contributed by atoms with E-state index in [9.17, 15) is 32.7 Å². The van der Waals surface area contributed by atoms with Crippen molar-refractivity contribution < 1.29 is 42.2 Å².